The second-order valence-electron chi connectivity index (χ2n) is 4.87. The fourth-order valence-electron chi connectivity index (χ4n) is 1.97. The number of carbonyl (C=O) groups is 1. The number of hydrogen-bond donors (Lipinski definition) is 2. The Morgan fingerprint density at radius 3 is 3.00 bits per heavy atom. The van der Waals surface area contributed by atoms with Crippen LogP contribution in [0.5, 0.6) is 0 Å². The van der Waals surface area contributed by atoms with Crippen LogP contribution in [0, 0.1) is 0 Å². The maximum atomic E-state index is 11.9. The second-order valence-corrected chi connectivity index (χ2v) is 4.87. The molecule has 1 aromatic rings. The van der Waals surface area contributed by atoms with Gasteiger partial charge in [0.05, 0.1) is 18.2 Å². The lowest BCUT2D eigenvalue weighted by molar-refractivity contribution is -0.146. The molecule has 1 aliphatic heterocycles. The lowest BCUT2D eigenvalue weighted by Crippen LogP contribution is -2.55. The van der Waals surface area contributed by atoms with Gasteiger partial charge in [0.1, 0.15) is 12.7 Å². The van der Waals surface area contributed by atoms with Crippen LogP contribution in [0.25, 0.3) is 0 Å². The summed E-state index contributed by atoms with van der Waals surface area (Å²) in [6.45, 7) is 2.72. The molecular formula is C11H18N4O3. The molecule has 1 aromatic heterocycles. The summed E-state index contributed by atoms with van der Waals surface area (Å²) in [4.78, 5) is 17.3. The fraction of sp³-hybridized carbons (Fsp3) is 0.727. The molecule has 1 amide bonds. The molecule has 0 saturated carbocycles. The Morgan fingerprint density at radius 1 is 1.61 bits per heavy atom. The highest BCUT2D eigenvalue weighted by Gasteiger charge is 2.37. The van der Waals surface area contributed by atoms with Crippen molar-refractivity contribution in [1.29, 1.82) is 0 Å². The van der Waals surface area contributed by atoms with Gasteiger partial charge < -0.3 is 15.1 Å². The molecule has 1 aliphatic rings. The summed E-state index contributed by atoms with van der Waals surface area (Å²) in [7, 11) is 0. The van der Waals surface area contributed by atoms with Gasteiger partial charge in [-0.05, 0) is 13.3 Å². The maximum Gasteiger partial charge on any atom is 0.224 e. The number of β-amino-alcohol motifs (C(OH)–C–C–N with tert-alkyl or cyclic N) is 1. The molecular weight excluding hydrogens is 236 g/mol. The normalized spacial score (nSPS) is 28.4. The highest BCUT2D eigenvalue weighted by molar-refractivity contribution is 5.76. The zero-order valence-corrected chi connectivity index (χ0v) is 10.4. The van der Waals surface area contributed by atoms with Crippen molar-refractivity contribution in [2.75, 3.05) is 13.1 Å². The highest BCUT2D eigenvalue weighted by Crippen LogP contribution is 2.22. The Balaban J connectivity index is 1.83. The molecule has 7 nitrogen and oxygen atoms in total. The molecule has 1 fully saturated rings. The summed E-state index contributed by atoms with van der Waals surface area (Å²) in [6.07, 6.45) is 2.80. The number of aliphatic hydroxyl groups is 2. The number of nitrogens with zero attached hydrogens (tertiary/aromatic N) is 4. The van der Waals surface area contributed by atoms with Crippen LogP contribution in [0.15, 0.2) is 12.7 Å². The van der Waals surface area contributed by atoms with E-state index < -0.39 is 11.7 Å². The van der Waals surface area contributed by atoms with E-state index >= 15 is 0 Å². The lowest BCUT2D eigenvalue weighted by atomic mass is 9.90. The average Bonchev–Trinajstić information content (AvgIpc) is 2.82. The highest BCUT2D eigenvalue weighted by atomic mass is 16.3. The quantitative estimate of drug-likeness (QED) is 0.723. The van der Waals surface area contributed by atoms with E-state index in [4.69, 9.17) is 0 Å². The van der Waals surface area contributed by atoms with Crippen LogP contribution in [0.1, 0.15) is 19.8 Å². The van der Waals surface area contributed by atoms with Crippen molar-refractivity contribution in [2.45, 2.75) is 38.0 Å². The van der Waals surface area contributed by atoms with Gasteiger partial charge in [0, 0.05) is 19.5 Å². The van der Waals surface area contributed by atoms with Gasteiger partial charge in [-0.15, -0.1) is 0 Å². The molecule has 7 heteroatoms. The van der Waals surface area contributed by atoms with Crippen LogP contribution in [0.4, 0.5) is 0 Å². The first kappa shape index (κ1) is 13.0. The minimum atomic E-state index is -1.09. The van der Waals surface area contributed by atoms with Gasteiger partial charge in [-0.1, -0.05) is 0 Å². The van der Waals surface area contributed by atoms with Crippen molar-refractivity contribution in [3.05, 3.63) is 12.7 Å². The van der Waals surface area contributed by atoms with Gasteiger partial charge in [-0.25, -0.2) is 4.98 Å². The van der Waals surface area contributed by atoms with Gasteiger partial charge in [-0.3, -0.25) is 9.48 Å². The van der Waals surface area contributed by atoms with Gasteiger partial charge in [0.25, 0.3) is 0 Å². The molecule has 2 rings (SSSR count). The van der Waals surface area contributed by atoms with Gasteiger partial charge >= 0.3 is 0 Å². The molecule has 2 heterocycles. The Morgan fingerprint density at radius 2 is 2.39 bits per heavy atom. The summed E-state index contributed by atoms with van der Waals surface area (Å²) in [5, 5.41) is 23.5. The first-order chi connectivity index (χ1) is 8.49. The number of carbonyl (C=O) groups excluding carboxylic acids is 1. The summed E-state index contributed by atoms with van der Waals surface area (Å²) >= 11 is 0. The van der Waals surface area contributed by atoms with E-state index in [-0.39, 0.29) is 12.5 Å². The Hall–Kier alpha value is -1.47. The van der Waals surface area contributed by atoms with E-state index in [2.05, 4.69) is 10.1 Å². The van der Waals surface area contributed by atoms with Crippen molar-refractivity contribution in [3.63, 3.8) is 0 Å². The largest absolute Gasteiger partial charge is 0.388 e. The second kappa shape index (κ2) is 5.03. The number of aryl methyl sites for hydroxylation is 1. The third-order valence-electron chi connectivity index (χ3n) is 3.37. The molecule has 0 radical (unpaired) electrons. The molecule has 1 saturated heterocycles. The number of rotatable bonds is 3. The third kappa shape index (κ3) is 2.85. The molecule has 2 atom stereocenters. The average molecular weight is 254 g/mol. The molecule has 0 unspecified atom stereocenters. The van der Waals surface area contributed by atoms with E-state index in [1.54, 1.807) is 22.8 Å². The topological polar surface area (TPSA) is 91.5 Å². The van der Waals surface area contributed by atoms with Gasteiger partial charge in [-0.2, -0.15) is 5.10 Å². The van der Waals surface area contributed by atoms with Crippen molar-refractivity contribution in [1.82, 2.24) is 19.7 Å². The molecule has 18 heavy (non-hydrogen) atoms. The first-order valence-electron chi connectivity index (χ1n) is 6.00. The van der Waals surface area contributed by atoms with E-state index in [1.165, 1.54) is 6.33 Å². The van der Waals surface area contributed by atoms with Gasteiger partial charge in [0.2, 0.25) is 5.91 Å². The summed E-state index contributed by atoms with van der Waals surface area (Å²) in [5.74, 6) is -0.0416. The van der Waals surface area contributed by atoms with Crippen molar-refractivity contribution >= 4 is 5.91 Å². The van der Waals surface area contributed by atoms with Crippen molar-refractivity contribution in [2.24, 2.45) is 0 Å². The number of likely N-dealkylation sites (tertiary alicyclic amines) is 1. The molecule has 100 valence electrons. The predicted octanol–water partition coefficient (Wildman–Crippen LogP) is -0.988. The number of amides is 1. The monoisotopic (exact) mass is 254 g/mol. The van der Waals surface area contributed by atoms with Crippen molar-refractivity contribution in [3.8, 4) is 0 Å². The first-order valence-corrected chi connectivity index (χ1v) is 6.00. The number of piperidine rings is 1. The summed E-state index contributed by atoms with van der Waals surface area (Å²) < 4.78 is 1.59. The maximum absolute atomic E-state index is 11.9. The van der Waals surface area contributed by atoms with Crippen LogP contribution in [-0.4, -0.2) is 60.6 Å². The Bertz CT molecular complexity index is 404. The van der Waals surface area contributed by atoms with Crippen LogP contribution in [-0.2, 0) is 11.3 Å². The predicted molar refractivity (Wildman–Crippen MR) is 62.5 cm³/mol. The fourth-order valence-corrected chi connectivity index (χ4v) is 1.97. The molecule has 0 aromatic carbocycles. The molecule has 0 bridgehead atoms. The lowest BCUT2D eigenvalue weighted by Gasteiger charge is -2.39. The van der Waals surface area contributed by atoms with Crippen LogP contribution in [0.2, 0.25) is 0 Å². The number of hydrogen-bond acceptors (Lipinski definition) is 5. The van der Waals surface area contributed by atoms with E-state index in [0.717, 1.165) is 0 Å². The standard InChI is InChI=1S/C11H18N4O3/c1-11(18)3-5-14(6-9(11)16)10(17)2-4-15-8-12-7-13-15/h7-9,16,18H,2-6H2,1H3/t9-,11+/m0/s1. The van der Waals surface area contributed by atoms with Crippen LogP contribution < -0.4 is 0 Å². The zero-order chi connectivity index (χ0) is 13.2. The van der Waals surface area contributed by atoms with Crippen LogP contribution in [0.3, 0.4) is 0 Å². The zero-order valence-electron chi connectivity index (χ0n) is 10.4. The molecule has 0 aliphatic carbocycles. The number of aliphatic hydroxyl groups excluding tert-OH is 1. The summed E-state index contributed by atoms with van der Waals surface area (Å²) in [5.41, 5.74) is -1.09. The van der Waals surface area contributed by atoms with E-state index in [1.807, 2.05) is 0 Å². The Kier molecular flexibility index (Phi) is 3.63. The molecule has 2 N–H and O–H groups in total. The minimum Gasteiger partial charge on any atom is -0.388 e. The molecule has 0 spiro atoms. The van der Waals surface area contributed by atoms with E-state index in [0.29, 0.717) is 25.9 Å². The minimum absolute atomic E-state index is 0.0416. The van der Waals surface area contributed by atoms with Gasteiger partial charge in [0.15, 0.2) is 0 Å². The smallest absolute Gasteiger partial charge is 0.224 e. The summed E-state index contributed by atoms with van der Waals surface area (Å²) in [6, 6.07) is 0. The van der Waals surface area contributed by atoms with Crippen molar-refractivity contribution < 1.29 is 15.0 Å². The third-order valence-corrected chi connectivity index (χ3v) is 3.37. The van der Waals surface area contributed by atoms with E-state index in [9.17, 15) is 15.0 Å². The number of aromatic nitrogens is 3. The van der Waals surface area contributed by atoms with Crippen LogP contribution >= 0.6 is 0 Å². The Labute approximate surface area is 105 Å². The SMILES string of the molecule is C[C@@]1(O)CCN(C(=O)CCn2cncn2)C[C@@H]1O.